The van der Waals surface area contributed by atoms with Crippen molar-refractivity contribution < 1.29 is 4.79 Å². The zero-order valence-corrected chi connectivity index (χ0v) is 14.0. The molecule has 0 bridgehead atoms. The average Bonchev–Trinajstić information content (AvgIpc) is 2.35. The van der Waals surface area contributed by atoms with E-state index in [2.05, 4.69) is 21.2 Å². The Hall–Kier alpha value is -0.580. The van der Waals surface area contributed by atoms with E-state index in [-0.39, 0.29) is 23.9 Å². The molecule has 5 heteroatoms. The van der Waals surface area contributed by atoms with Gasteiger partial charge in [-0.3, -0.25) is 4.79 Å². The van der Waals surface area contributed by atoms with Crippen LogP contribution in [0, 0.1) is 6.92 Å². The van der Waals surface area contributed by atoms with Crippen molar-refractivity contribution in [3.8, 4) is 0 Å². The lowest BCUT2D eigenvalue weighted by Gasteiger charge is -2.26. The van der Waals surface area contributed by atoms with Crippen LogP contribution in [0.3, 0.4) is 0 Å². The molecular formula is C14H22BrClN2O. The minimum absolute atomic E-state index is 0. The second-order valence-electron chi connectivity index (χ2n) is 4.71. The Balaban J connectivity index is 0.00000324. The van der Waals surface area contributed by atoms with Gasteiger partial charge in [0, 0.05) is 22.1 Å². The van der Waals surface area contributed by atoms with Crippen LogP contribution in [0.25, 0.3) is 0 Å². The summed E-state index contributed by atoms with van der Waals surface area (Å²) in [6, 6.07) is 5.63. The zero-order chi connectivity index (χ0) is 13.8. The van der Waals surface area contributed by atoms with Crippen LogP contribution >= 0.6 is 28.3 Å². The van der Waals surface area contributed by atoms with Gasteiger partial charge in [0.15, 0.2) is 0 Å². The summed E-state index contributed by atoms with van der Waals surface area (Å²) in [7, 11) is 0. The fraction of sp³-hybridized carbons (Fsp3) is 0.500. The Labute approximate surface area is 129 Å². The quantitative estimate of drug-likeness (QED) is 0.855. The van der Waals surface area contributed by atoms with Crippen molar-refractivity contribution in [3.63, 3.8) is 0 Å². The smallest absolute Gasteiger partial charge is 0.251 e. The predicted octanol–water partition coefficient (Wildman–Crippen LogP) is 3.43. The van der Waals surface area contributed by atoms with E-state index in [1.165, 1.54) is 0 Å². The Morgan fingerprint density at radius 3 is 2.42 bits per heavy atom. The molecule has 19 heavy (non-hydrogen) atoms. The summed E-state index contributed by atoms with van der Waals surface area (Å²) in [4.78, 5) is 12.1. The maximum absolute atomic E-state index is 12.1. The van der Waals surface area contributed by atoms with Crippen LogP contribution in [-0.4, -0.2) is 18.0 Å². The SMILES string of the molecule is CCC(N)(CC)CNC(=O)c1ccc(Br)cc1C.Cl. The number of amides is 1. The van der Waals surface area contributed by atoms with E-state index in [0.29, 0.717) is 12.1 Å². The van der Waals surface area contributed by atoms with Gasteiger partial charge in [0.2, 0.25) is 0 Å². The highest BCUT2D eigenvalue weighted by atomic mass is 79.9. The number of hydrogen-bond donors (Lipinski definition) is 2. The molecule has 0 spiro atoms. The van der Waals surface area contributed by atoms with Crippen molar-refractivity contribution >= 4 is 34.2 Å². The Bertz CT molecular complexity index is 433. The molecule has 0 heterocycles. The second kappa shape index (κ2) is 7.88. The Morgan fingerprint density at radius 1 is 1.37 bits per heavy atom. The molecule has 0 saturated carbocycles. The van der Waals surface area contributed by atoms with Crippen LogP contribution in [0.4, 0.5) is 0 Å². The summed E-state index contributed by atoms with van der Waals surface area (Å²) in [6.07, 6.45) is 1.70. The van der Waals surface area contributed by atoms with Crippen molar-refractivity contribution in [2.24, 2.45) is 5.73 Å². The molecule has 0 atom stereocenters. The molecule has 1 amide bonds. The molecule has 108 valence electrons. The molecule has 0 fully saturated rings. The standard InChI is InChI=1S/C14H21BrN2O.ClH/c1-4-14(16,5-2)9-17-13(18)12-7-6-11(15)8-10(12)3;/h6-8H,4-5,9,16H2,1-3H3,(H,17,18);1H. The number of halogens is 2. The van der Waals surface area contributed by atoms with Gasteiger partial charge in [-0.1, -0.05) is 29.8 Å². The summed E-state index contributed by atoms with van der Waals surface area (Å²) in [5, 5.41) is 2.92. The molecule has 0 aromatic heterocycles. The summed E-state index contributed by atoms with van der Waals surface area (Å²) in [6.45, 7) is 6.52. The van der Waals surface area contributed by atoms with E-state index in [9.17, 15) is 4.79 Å². The normalized spacial score (nSPS) is 10.8. The van der Waals surface area contributed by atoms with E-state index in [1.54, 1.807) is 0 Å². The van der Waals surface area contributed by atoms with Gasteiger partial charge in [-0.15, -0.1) is 12.4 Å². The molecule has 1 aromatic carbocycles. The highest BCUT2D eigenvalue weighted by Gasteiger charge is 2.21. The van der Waals surface area contributed by atoms with Gasteiger partial charge in [-0.2, -0.15) is 0 Å². The van der Waals surface area contributed by atoms with Gasteiger partial charge >= 0.3 is 0 Å². The molecule has 1 rings (SSSR count). The largest absolute Gasteiger partial charge is 0.350 e. The highest BCUT2D eigenvalue weighted by molar-refractivity contribution is 9.10. The lowest BCUT2D eigenvalue weighted by Crippen LogP contribution is -2.49. The molecule has 1 aromatic rings. The molecule has 0 aliphatic carbocycles. The van der Waals surface area contributed by atoms with E-state index >= 15 is 0 Å². The van der Waals surface area contributed by atoms with Gasteiger partial charge in [0.25, 0.3) is 5.91 Å². The number of benzene rings is 1. The van der Waals surface area contributed by atoms with E-state index < -0.39 is 0 Å². The molecule has 3 nitrogen and oxygen atoms in total. The summed E-state index contributed by atoms with van der Waals surface area (Å²) >= 11 is 3.39. The van der Waals surface area contributed by atoms with Gasteiger partial charge in [-0.25, -0.2) is 0 Å². The maximum Gasteiger partial charge on any atom is 0.251 e. The molecule has 0 saturated heterocycles. The van der Waals surface area contributed by atoms with Crippen molar-refractivity contribution in [2.45, 2.75) is 39.2 Å². The third-order valence-electron chi connectivity index (χ3n) is 3.44. The van der Waals surface area contributed by atoms with E-state index in [0.717, 1.165) is 22.9 Å². The van der Waals surface area contributed by atoms with Crippen LogP contribution in [0.5, 0.6) is 0 Å². The molecule has 0 radical (unpaired) electrons. The number of aryl methyl sites for hydroxylation is 1. The summed E-state index contributed by atoms with van der Waals surface area (Å²) in [5.41, 5.74) is 7.51. The van der Waals surface area contributed by atoms with Gasteiger partial charge in [-0.05, 0) is 43.5 Å². The second-order valence-corrected chi connectivity index (χ2v) is 5.63. The van der Waals surface area contributed by atoms with Crippen LogP contribution in [-0.2, 0) is 0 Å². The van der Waals surface area contributed by atoms with Crippen molar-refractivity contribution in [2.75, 3.05) is 6.54 Å². The number of carbonyl (C=O) groups is 1. The lowest BCUT2D eigenvalue weighted by molar-refractivity contribution is 0.0941. The monoisotopic (exact) mass is 348 g/mol. The maximum atomic E-state index is 12.1. The van der Waals surface area contributed by atoms with Gasteiger partial charge in [0.05, 0.1) is 0 Å². The lowest BCUT2D eigenvalue weighted by atomic mass is 9.94. The van der Waals surface area contributed by atoms with E-state index in [4.69, 9.17) is 5.73 Å². The topological polar surface area (TPSA) is 55.1 Å². The number of nitrogens with two attached hydrogens (primary N) is 1. The van der Waals surface area contributed by atoms with Crippen LogP contribution in [0.1, 0.15) is 42.6 Å². The minimum Gasteiger partial charge on any atom is -0.350 e. The van der Waals surface area contributed by atoms with Crippen LogP contribution in [0.15, 0.2) is 22.7 Å². The van der Waals surface area contributed by atoms with Crippen LogP contribution in [0.2, 0.25) is 0 Å². The van der Waals surface area contributed by atoms with E-state index in [1.807, 2.05) is 39.0 Å². The fourth-order valence-electron chi connectivity index (χ4n) is 1.73. The first-order chi connectivity index (χ1) is 8.41. The first-order valence-electron chi connectivity index (χ1n) is 6.25. The number of rotatable bonds is 5. The Kier molecular flexibility index (Phi) is 7.64. The average molecular weight is 350 g/mol. The minimum atomic E-state index is -0.307. The van der Waals surface area contributed by atoms with Gasteiger partial charge < -0.3 is 11.1 Å². The number of hydrogen-bond acceptors (Lipinski definition) is 2. The molecule has 0 aliphatic heterocycles. The molecule has 0 unspecified atom stereocenters. The van der Waals surface area contributed by atoms with Crippen molar-refractivity contribution in [1.29, 1.82) is 0 Å². The van der Waals surface area contributed by atoms with Gasteiger partial charge in [0.1, 0.15) is 0 Å². The summed E-state index contributed by atoms with van der Waals surface area (Å²) < 4.78 is 0.979. The summed E-state index contributed by atoms with van der Waals surface area (Å²) in [5.74, 6) is -0.0586. The predicted molar refractivity (Wildman–Crippen MR) is 86.0 cm³/mol. The number of carbonyl (C=O) groups excluding carboxylic acids is 1. The molecule has 3 N–H and O–H groups in total. The Morgan fingerprint density at radius 2 is 1.95 bits per heavy atom. The highest BCUT2D eigenvalue weighted by Crippen LogP contribution is 2.16. The molecular weight excluding hydrogens is 328 g/mol. The fourth-order valence-corrected chi connectivity index (χ4v) is 2.21. The number of nitrogens with one attached hydrogen (secondary N) is 1. The third-order valence-corrected chi connectivity index (χ3v) is 3.94. The third kappa shape index (κ3) is 5.13. The van der Waals surface area contributed by atoms with Crippen LogP contribution < -0.4 is 11.1 Å². The molecule has 0 aliphatic rings. The first kappa shape index (κ1) is 18.4. The zero-order valence-electron chi connectivity index (χ0n) is 11.6. The van der Waals surface area contributed by atoms with Crippen molar-refractivity contribution in [1.82, 2.24) is 5.32 Å². The van der Waals surface area contributed by atoms with Crippen molar-refractivity contribution in [3.05, 3.63) is 33.8 Å². The first-order valence-corrected chi connectivity index (χ1v) is 7.04.